The number of thiazole rings is 1. The van der Waals surface area contributed by atoms with Crippen molar-refractivity contribution in [3.05, 3.63) is 11.1 Å². The van der Waals surface area contributed by atoms with Gasteiger partial charge in [0, 0.05) is 18.5 Å². The molecule has 0 aromatic carbocycles. The van der Waals surface area contributed by atoms with Crippen molar-refractivity contribution < 1.29 is 14.3 Å². The van der Waals surface area contributed by atoms with Crippen molar-refractivity contribution in [3.8, 4) is 0 Å². The Morgan fingerprint density at radius 3 is 2.74 bits per heavy atom. The number of anilines is 1. The molecular weight excluding hydrogens is 266 g/mol. The molecule has 1 rings (SSSR count). The summed E-state index contributed by atoms with van der Waals surface area (Å²) in [5, 5.41) is 7.21. The molecule has 0 aliphatic rings. The fraction of sp³-hybridized carbons (Fsp3) is 0.583. The van der Waals surface area contributed by atoms with Gasteiger partial charge in [0.05, 0.1) is 11.8 Å². The molecule has 6 nitrogen and oxygen atoms in total. The van der Waals surface area contributed by atoms with E-state index in [0.29, 0.717) is 24.7 Å². The van der Waals surface area contributed by atoms with Gasteiger partial charge in [-0.3, -0.25) is 14.9 Å². The molecule has 0 aliphatic heterocycles. The summed E-state index contributed by atoms with van der Waals surface area (Å²) in [5.41, 5.74) is 0.812. The zero-order valence-corrected chi connectivity index (χ0v) is 12.2. The van der Waals surface area contributed by atoms with Crippen molar-refractivity contribution in [2.24, 2.45) is 0 Å². The minimum absolute atomic E-state index is 0.173. The first-order valence-corrected chi connectivity index (χ1v) is 7.00. The lowest BCUT2D eigenvalue weighted by molar-refractivity contribution is -0.136. The first-order chi connectivity index (χ1) is 8.99. The van der Waals surface area contributed by atoms with Gasteiger partial charge in [0.2, 0.25) is 0 Å². The number of nitrogens with zero attached hydrogens (tertiary/aromatic N) is 1. The van der Waals surface area contributed by atoms with Crippen LogP contribution in [0.2, 0.25) is 0 Å². The quantitative estimate of drug-likeness (QED) is 0.610. The Labute approximate surface area is 116 Å². The Hall–Kier alpha value is -1.47. The fourth-order valence-electron chi connectivity index (χ4n) is 1.24. The number of carbonyl (C=O) groups excluding carboxylic acids is 2. The summed E-state index contributed by atoms with van der Waals surface area (Å²) in [4.78, 5) is 27.0. The Morgan fingerprint density at radius 2 is 2.16 bits per heavy atom. The first kappa shape index (κ1) is 15.6. The van der Waals surface area contributed by atoms with Crippen LogP contribution in [-0.4, -0.2) is 36.1 Å². The Bertz CT molecular complexity index is 432. The van der Waals surface area contributed by atoms with Crippen LogP contribution in [0.4, 0.5) is 5.13 Å². The maximum Gasteiger partial charge on any atom is 0.315 e. The molecule has 0 radical (unpaired) electrons. The molecule has 0 saturated carbocycles. The SMILES string of the molecule is Cc1csc(NC(=O)C(=O)NCCCOC(C)C)n1. The zero-order chi connectivity index (χ0) is 14.3. The highest BCUT2D eigenvalue weighted by Gasteiger charge is 2.14. The smallest absolute Gasteiger partial charge is 0.315 e. The van der Waals surface area contributed by atoms with Gasteiger partial charge in [-0.15, -0.1) is 11.3 Å². The van der Waals surface area contributed by atoms with Gasteiger partial charge < -0.3 is 10.1 Å². The third-order valence-corrected chi connectivity index (χ3v) is 2.98. The molecule has 0 atom stereocenters. The van der Waals surface area contributed by atoms with E-state index in [9.17, 15) is 9.59 Å². The first-order valence-electron chi connectivity index (χ1n) is 6.12. The molecule has 0 spiro atoms. The predicted molar refractivity (Wildman–Crippen MR) is 74.2 cm³/mol. The molecule has 19 heavy (non-hydrogen) atoms. The molecule has 0 aliphatic carbocycles. The lowest BCUT2D eigenvalue weighted by Crippen LogP contribution is -2.36. The van der Waals surface area contributed by atoms with Gasteiger partial charge in [-0.25, -0.2) is 4.98 Å². The summed E-state index contributed by atoms with van der Waals surface area (Å²) < 4.78 is 5.32. The molecule has 7 heteroatoms. The van der Waals surface area contributed by atoms with Crippen molar-refractivity contribution in [2.45, 2.75) is 33.3 Å². The molecule has 0 bridgehead atoms. The third kappa shape index (κ3) is 6.30. The Kier molecular flexibility index (Phi) is 6.44. The van der Waals surface area contributed by atoms with Gasteiger partial charge >= 0.3 is 11.8 Å². The number of aryl methyl sites for hydroxylation is 1. The number of hydrogen-bond acceptors (Lipinski definition) is 5. The number of amides is 2. The monoisotopic (exact) mass is 285 g/mol. The van der Waals surface area contributed by atoms with Crippen LogP contribution in [-0.2, 0) is 14.3 Å². The summed E-state index contributed by atoms with van der Waals surface area (Å²) in [7, 11) is 0. The zero-order valence-electron chi connectivity index (χ0n) is 11.4. The minimum Gasteiger partial charge on any atom is -0.379 e. The molecule has 0 fully saturated rings. The maximum absolute atomic E-state index is 11.5. The summed E-state index contributed by atoms with van der Waals surface area (Å²) in [6.07, 6.45) is 0.847. The Morgan fingerprint density at radius 1 is 1.42 bits per heavy atom. The summed E-state index contributed by atoms with van der Waals surface area (Å²) in [6, 6.07) is 0. The van der Waals surface area contributed by atoms with Crippen LogP contribution < -0.4 is 10.6 Å². The van der Waals surface area contributed by atoms with Crippen molar-refractivity contribution >= 4 is 28.3 Å². The largest absolute Gasteiger partial charge is 0.379 e. The van der Waals surface area contributed by atoms with Gasteiger partial charge in [0.15, 0.2) is 5.13 Å². The second-order valence-corrected chi connectivity index (χ2v) is 5.14. The molecule has 1 aromatic rings. The summed E-state index contributed by atoms with van der Waals surface area (Å²) in [6.45, 7) is 6.69. The molecule has 2 N–H and O–H groups in total. The summed E-state index contributed by atoms with van der Waals surface area (Å²) >= 11 is 1.29. The molecule has 2 amide bonds. The maximum atomic E-state index is 11.5. The average Bonchev–Trinajstić information content (AvgIpc) is 2.73. The highest BCUT2D eigenvalue weighted by atomic mass is 32.1. The van der Waals surface area contributed by atoms with E-state index in [1.54, 1.807) is 5.38 Å². The molecule has 1 heterocycles. The molecule has 0 unspecified atom stereocenters. The minimum atomic E-state index is -0.695. The van der Waals surface area contributed by atoms with Gasteiger partial charge in [0.25, 0.3) is 0 Å². The van der Waals surface area contributed by atoms with Crippen LogP contribution in [0.5, 0.6) is 0 Å². The van der Waals surface area contributed by atoms with Crippen molar-refractivity contribution in [3.63, 3.8) is 0 Å². The van der Waals surface area contributed by atoms with E-state index in [4.69, 9.17) is 4.74 Å². The number of ether oxygens (including phenoxy) is 1. The fourth-order valence-corrected chi connectivity index (χ4v) is 1.92. The number of aromatic nitrogens is 1. The van der Waals surface area contributed by atoms with Gasteiger partial charge in [-0.05, 0) is 27.2 Å². The van der Waals surface area contributed by atoms with Crippen molar-refractivity contribution in [1.82, 2.24) is 10.3 Å². The standard InChI is InChI=1S/C12H19N3O3S/c1-8(2)18-6-4-5-13-10(16)11(17)15-12-14-9(3)7-19-12/h7-8H,4-6H2,1-3H3,(H,13,16)(H,14,15,17). The number of rotatable bonds is 6. The van der Waals surface area contributed by atoms with E-state index in [-0.39, 0.29) is 6.10 Å². The topological polar surface area (TPSA) is 80.3 Å². The van der Waals surface area contributed by atoms with Crippen molar-refractivity contribution in [1.29, 1.82) is 0 Å². The van der Waals surface area contributed by atoms with Crippen LogP contribution >= 0.6 is 11.3 Å². The van der Waals surface area contributed by atoms with E-state index in [1.165, 1.54) is 11.3 Å². The van der Waals surface area contributed by atoms with Crippen LogP contribution in [0, 0.1) is 6.92 Å². The average molecular weight is 285 g/mol. The van der Waals surface area contributed by atoms with Crippen molar-refractivity contribution in [2.75, 3.05) is 18.5 Å². The predicted octanol–water partition coefficient (Wildman–Crippen LogP) is 1.32. The highest BCUT2D eigenvalue weighted by Crippen LogP contribution is 2.13. The second kappa shape index (κ2) is 7.85. The normalized spacial score (nSPS) is 10.5. The third-order valence-electron chi connectivity index (χ3n) is 2.10. The molecule has 1 aromatic heterocycles. The number of carbonyl (C=O) groups is 2. The van der Waals surface area contributed by atoms with E-state index in [2.05, 4.69) is 15.6 Å². The molecule has 106 valence electrons. The van der Waals surface area contributed by atoms with E-state index >= 15 is 0 Å². The lowest BCUT2D eigenvalue weighted by Gasteiger charge is -2.07. The van der Waals surface area contributed by atoms with E-state index in [1.807, 2.05) is 20.8 Å². The van der Waals surface area contributed by atoms with Crippen LogP contribution in [0.25, 0.3) is 0 Å². The van der Waals surface area contributed by atoms with E-state index in [0.717, 1.165) is 5.69 Å². The number of hydrogen-bond donors (Lipinski definition) is 2. The molecular formula is C12H19N3O3S. The Balaban J connectivity index is 2.20. The summed E-state index contributed by atoms with van der Waals surface area (Å²) in [5.74, 6) is -1.35. The lowest BCUT2D eigenvalue weighted by atomic mass is 10.4. The van der Waals surface area contributed by atoms with Crippen LogP contribution in [0.15, 0.2) is 5.38 Å². The van der Waals surface area contributed by atoms with E-state index < -0.39 is 11.8 Å². The van der Waals surface area contributed by atoms with Crippen LogP contribution in [0.3, 0.4) is 0 Å². The highest BCUT2D eigenvalue weighted by molar-refractivity contribution is 7.14. The second-order valence-electron chi connectivity index (χ2n) is 4.28. The molecule has 0 saturated heterocycles. The van der Waals surface area contributed by atoms with Gasteiger partial charge in [0.1, 0.15) is 0 Å². The van der Waals surface area contributed by atoms with Gasteiger partial charge in [-0.1, -0.05) is 0 Å². The van der Waals surface area contributed by atoms with Gasteiger partial charge in [-0.2, -0.15) is 0 Å². The number of nitrogens with one attached hydrogen (secondary N) is 2. The van der Waals surface area contributed by atoms with Crippen LogP contribution in [0.1, 0.15) is 26.0 Å².